The van der Waals surface area contributed by atoms with Gasteiger partial charge in [0.2, 0.25) is 5.91 Å². The second-order valence-electron chi connectivity index (χ2n) is 4.57. The highest BCUT2D eigenvalue weighted by atomic mass is 79.9. The predicted octanol–water partition coefficient (Wildman–Crippen LogP) is 2.46. The number of anilines is 1. The maximum atomic E-state index is 12.1. The van der Waals surface area contributed by atoms with Crippen molar-refractivity contribution in [1.29, 1.82) is 0 Å². The Morgan fingerprint density at radius 2 is 2.11 bits per heavy atom. The number of benzene rings is 1. The number of nitrogens with two attached hydrogens (primary N) is 1. The molecule has 1 amide bonds. The third-order valence-corrected chi connectivity index (χ3v) is 3.90. The fourth-order valence-electron chi connectivity index (χ4n) is 1.42. The molecule has 0 aliphatic heterocycles. The SMILES string of the molecule is CCC(C)(CN)C(=O)Nc1ccc(C(=O)O)cc1Br. The zero-order chi connectivity index (χ0) is 14.6. The minimum absolute atomic E-state index is 0.155. The van der Waals surface area contributed by atoms with Crippen molar-refractivity contribution in [3.8, 4) is 0 Å². The molecule has 0 aliphatic carbocycles. The summed E-state index contributed by atoms with van der Waals surface area (Å²) >= 11 is 3.25. The number of hydrogen-bond donors (Lipinski definition) is 3. The zero-order valence-electron chi connectivity index (χ0n) is 10.9. The van der Waals surface area contributed by atoms with Crippen LogP contribution in [0.5, 0.6) is 0 Å². The van der Waals surface area contributed by atoms with Crippen molar-refractivity contribution in [2.75, 3.05) is 11.9 Å². The van der Waals surface area contributed by atoms with Crippen molar-refractivity contribution in [3.05, 3.63) is 28.2 Å². The number of carbonyl (C=O) groups is 2. The molecule has 6 heteroatoms. The second-order valence-corrected chi connectivity index (χ2v) is 5.43. The maximum absolute atomic E-state index is 12.1. The highest BCUT2D eigenvalue weighted by Gasteiger charge is 2.30. The molecule has 104 valence electrons. The summed E-state index contributed by atoms with van der Waals surface area (Å²) in [5.74, 6) is -1.19. The van der Waals surface area contributed by atoms with Gasteiger partial charge in [-0.15, -0.1) is 0 Å². The van der Waals surface area contributed by atoms with Gasteiger partial charge in [-0.05, 0) is 47.5 Å². The monoisotopic (exact) mass is 328 g/mol. The van der Waals surface area contributed by atoms with Gasteiger partial charge in [0.05, 0.1) is 16.7 Å². The average molecular weight is 329 g/mol. The summed E-state index contributed by atoms with van der Waals surface area (Å²) in [4.78, 5) is 23.0. The Kier molecular flexibility index (Phi) is 5.08. The van der Waals surface area contributed by atoms with Gasteiger partial charge in [0, 0.05) is 11.0 Å². The van der Waals surface area contributed by atoms with Crippen molar-refractivity contribution in [1.82, 2.24) is 0 Å². The molecule has 0 radical (unpaired) electrons. The van der Waals surface area contributed by atoms with Crippen LogP contribution in [0.1, 0.15) is 30.6 Å². The number of amides is 1. The number of nitrogens with one attached hydrogen (secondary N) is 1. The number of rotatable bonds is 5. The van der Waals surface area contributed by atoms with E-state index in [0.29, 0.717) is 16.6 Å². The van der Waals surface area contributed by atoms with Gasteiger partial charge in [-0.2, -0.15) is 0 Å². The predicted molar refractivity (Wildman–Crippen MR) is 77.2 cm³/mol. The summed E-state index contributed by atoms with van der Waals surface area (Å²) < 4.78 is 0.524. The first-order valence-corrected chi connectivity index (χ1v) is 6.67. The van der Waals surface area contributed by atoms with Crippen LogP contribution in [0, 0.1) is 5.41 Å². The molecule has 1 aromatic rings. The number of aromatic carboxylic acids is 1. The van der Waals surface area contributed by atoms with Gasteiger partial charge in [-0.1, -0.05) is 6.92 Å². The highest BCUT2D eigenvalue weighted by molar-refractivity contribution is 9.10. The molecule has 0 heterocycles. The standard InChI is InChI=1S/C13H17BrN2O3/c1-3-13(2,7-15)12(19)16-10-5-4-8(11(17)18)6-9(10)14/h4-6H,3,7,15H2,1-2H3,(H,16,19)(H,17,18). The van der Waals surface area contributed by atoms with Crippen LogP contribution in [0.15, 0.2) is 22.7 Å². The third kappa shape index (κ3) is 3.54. The largest absolute Gasteiger partial charge is 0.478 e. The number of halogens is 1. The first kappa shape index (κ1) is 15.7. The second kappa shape index (κ2) is 6.16. The summed E-state index contributed by atoms with van der Waals surface area (Å²) in [6, 6.07) is 4.44. The molecule has 1 aromatic carbocycles. The lowest BCUT2D eigenvalue weighted by Crippen LogP contribution is -2.39. The molecule has 0 saturated heterocycles. The van der Waals surface area contributed by atoms with Crippen LogP contribution in [0.3, 0.4) is 0 Å². The lowest BCUT2D eigenvalue weighted by atomic mass is 9.86. The topological polar surface area (TPSA) is 92.4 Å². The van der Waals surface area contributed by atoms with E-state index in [1.165, 1.54) is 12.1 Å². The van der Waals surface area contributed by atoms with E-state index in [-0.39, 0.29) is 18.0 Å². The number of carbonyl (C=O) groups excluding carboxylic acids is 1. The van der Waals surface area contributed by atoms with Gasteiger partial charge in [0.1, 0.15) is 0 Å². The Morgan fingerprint density at radius 1 is 1.47 bits per heavy atom. The first-order valence-electron chi connectivity index (χ1n) is 5.88. The van der Waals surface area contributed by atoms with Crippen LogP contribution in [0.25, 0.3) is 0 Å². The van der Waals surface area contributed by atoms with Crippen LogP contribution in [-0.4, -0.2) is 23.5 Å². The summed E-state index contributed by atoms with van der Waals surface area (Å²) in [5, 5.41) is 11.6. The molecule has 1 atom stereocenters. The van der Waals surface area contributed by atoms with E-state index >= 15 is 0 Å². The molecule has 0 saturated carbocycles. The van der Waals surface area contributed by atoms with Crippen molar-refractivity contribution < 1.29 is 14.7 Å². The van der Waals surface area contributed by atoms with Crippen LogP contribution in [0.2, 0.25) is 0 Å². The Hall–Kier alpha value is -1.40. The Morgan fingerprint density at radius 3 is 2.53 bits per heavy atom. The molecule has 0 aliphatic rings. The highest BCUT2D eigenvalue weighted by Crippen LogP contribution is 2.27. The Bertz CT molecular complexity index is 499. The summed E-state index contributed by atoms with van der Waals surface area (Å²) in [7, 11) is 0. The molecule has 1 rings (SSSR count). The number of carboxylic acid groups (broad SMARTS) is 1. The molecule has 19 heavy (non-hydrogen) atoms. The normalized spacial score (nSPS) is 13.7. The summed E-state index contributed by atoms with van der Waals surface area (Å²) in [5.41, 5.74) is 5.67. The quantitative estimate of drug-likeness (QED) is 0.774. The van der Waals surface area contributed by atoms with Gasteiger partial charge in [0.25, 0.3) is 0 Å². The van der Waals surface area contributed by atoms with E-state index in [9.17, 15) is 9.59 Å². The van der Waals surface area contributed by atoms with E-state index in [2.05, 4.69) is 21.2 Å². The summed E-state index contributed by atoms with van der Waals surface area (Å²) in [6.07, 6.45) is 0.625. The van der Waals surface area contributed by atoms with Crippen molar-refractivity contribution in [3.63, 3.8) is 0 Å². The molecule has 0 fully saturated rings. The average Bonchev–Trinajstić information content (AvgIpc) is 2.39. The minimum atomic E-state index is -1.01. The molecular formula is C13H17BrN2O3. The first-order chi connectivity index (χ1) is 8.84. The van der Waals surface area contributed by atoms with Gasteiger partial charge in [-0.25, -0.2) is 4.79 Å². The fourth-order valence-corrected chi connectivity index (χ4v) is 1.90. The molecule has 5 nitrogen and oxygen atoms in total. The lowest BCUT2D eigenvalue weighted by Gasteiger charge is -2.25. The fraction of sp³-hybridized carbons (Fsp3) is 0.385. The van der Waals surface area contributed by atoms with E-state index in [0.717, 1.165) is 0 Å². The smallest absolute Gasteiger partial charge is 0.335 e. The van der Waals surface area contributed by atoms with Crippen molar-refractivity contribution >= 4 is 33.5 Å². The molecule has 0 spiro atoms. The van der Waals surface area contributed by atoms with E-state index in [4.69, 9.17) is 10.8 Å². The summed E-state index contributed by atoms with van der Waals surface area (Å²) in [6.45, 7) is 3.94. The van der Waals surface area contributed by atoms with Crippen LogP contribution in [-0.2, 0) is 4.79 Å². The van der Waals surface area contributed by atoms with E-state index in [1.54, 1.807) is 13.0 Å². The van der Waals surface area contributed by atoms with Crippen molar-refractivity contribution in [2.45, 2.75) is 20.3 Å². The van der Waals surface area contributed by atoms with E-state index in [1.807, 2.05) is 6.92 Å². The van der Waals surface area contributed by atoms with Crippen LogP contribution in [0.4, 0.5) is 5.69 Å². The Balaban J connectivity index is 2.95. The molecular weight excluding hydrogens is 312 g/mol. The van der Waals surface area contributed by atoms with Gasteiger partial charge >= 0.3 is 5.97 Å². The van der Waals surface area contributed by atoms with Crippen LogP contribution < -0.4 is 11.1 Å². The van der Waals surface area contributed by atoms with E-state index < -0.39 is 11.4 Å². The maximum Gasteiger partial charge on any atom is 0.335 e. The number of carboxylic acids is 1. The van der Waals surface area contributed by atoms with Crippen LogP contribution >= 0.6 is 15.9 Å². The Labute approximate surface area is 120 Å². The zero-order valence-corrected chi connectivity index (χ0v) is 12.5. The molecule has 1 unspecified atom stereocenters. The van der Waals surface area contributed by atoms with Gasteiger partial charge in [-0.3, -0.25) is 4.79 Å². The van der Waals surface area contributed by atoms with Gasteiger partial charge in [0.15, 0.2) is 0 Å². The molecule has 0 aromatic heterocycles. The number of hydrogen-bond acceptors (Lipinski definition) is 3. The van der Waals surface area contributed by atoms with Crippen molar-refractivity contribution in [2.24, 2.45) is 11.1 Å². The third-order valence-electron chi connectivity index (χ3n) is 3.24. The molecule has 0 bridgehead atoms. The van der Waals surface area contributed by atoms with Gasteiger partial charge < -0.3 is 16.2 Å². The minimum Gasteiger partial charge on any atom is -0.478 e. The lowest BCUT2D eigenvalue weighted by molar-refractivity contribution is -0.124. The molecule has 4 N–H and O–H groups in total.